The van der Waals surface area contributed by atoms with Crippen molar-refractivity contribution >= 4 is 28.2 Å². The van der Waals surface area contributed by atoms with Gasteiger partial charge in [-0.3, -0.25) is 4.79 Å². The van der Waals surface area contributed by atoms with E-state index in [0.717, 1.165) is 4.88 Å². The van der Waals surface area contributed by atoms with Gasteiger partial charge in [-0.25, -0.2) is 9.18 Å². The number of furan rings is 1. The summed E-state index contributed by atoms with van der Waals surface area (Å²) in [4.78, 5) is 25.0. The second-order valence-corrected chi connectivity index (χ2v) is 6.81. The van der Waals surface area contributed by atoms with Gasteiger partial charge < -0.3 is 19.2 Å². The summed E-state index contributed by atoms with van der Waals surface area (Å²) in [6.07, 6.45) is 0. The molecule has 140 valence electrons. The van der Waals surface area contributed by atoms with E-state index in [4.69, 9.17) is 13.9 Å². The molecule has 6 nitrogen and oxygen atoms in total. The van der Waals surface area contributed by atoms with E-state index in [2.05, 4.69) is 5.32 Å². The zero-order valence-corrected chi connectivity index (χ0v) is 15.4. The molecular weight excluding hydrogens is 373 g/mol. The number of carbonyl (C=O) groups excluding carboxylic acids is 2. The van der Waals surface area contributed by atoms with Crippen LogP contribution in [0, 0.1) is 12.7 Å². The molecule has 8 heteroatoms. The first-order chi connectivity index (χ1) is 13.0. The van der Waals surface area contributed by atoms with Crippen LogP contribution in [0.25, 0.3) is 0 Å². The number of ether oxygens (including phenoxy) is 2. The zero-order chi connectivity index (χ0) is 19.4. The first-order valence-electron chi connectivity index (χ1n) is 7.93. The number of amides is 1. The van der Waals surface area contributed by atoms with Crippen molar-refractivity contribution in [1.29, 1.82) is 0 Å². The van der Waals surface area contributed by atoms with Crippen LogP contribution in [0.4, 0.5) is 9.39 Å². The molecular formula is C19H16FNO5S. The Hall–Kier alpha value is -3.13. The Bertz CT molecular complexity index is 961. The van der Waals surface area contributed by atoms with E-state index >= 15 is 0 Å². The van der Waals surface area contributed by atoms with Gasteiger partial charge in [0.15, 0.2) is 5.76 Å². The van der Waals surface area contributed by atoms with E-state index in [9.17, 15) is 14.0 Å². The number of carbonyl (C=O) groups is 2. The summed E-state index contributed by atoms with van der Waals surface area (Å²) in [6.45, 7) is 1.91. The Labute approximate surface area is 158 Å². The Morgan fingerprint density at radius 3 is 2.63 bits per heavy atom. The van der Waals surface area contributed by atoms with Gasteiger partial charge >= 0.3 is 5.97 Å². The van der Waals surface area contributed by atoms with Crippen molar-refractivity contribution in [2.75, 3.05) is 12.4 Å². The number of esters is 1. The minimum atomic E-state index is -0.525. The highest BCUT2D eigenvalue weighted by atomic mass is 32.1. The highest BCUT2D eigenvalue weighted by Gasteiger charge is 2.19. The zero-order valence-electron chi connectivity index (χ0n) is 14.6. The molecule has 0 saturated carbocycles. The molecule has 0 saturated heterocycles. The lowest BCUT2D eigenvalue weighted by molar-refractivity contribution is 0.0602. The Kier molecular flexibility index (Phi) is 5.56. The van der Waals surface area contributed by atoms with Gasteiger partial charge in [0.05, 0.1) is 12.7 Å². The second kappa shape index (κ2) is 8.05. The van der Waals surface area contributed by atoms with Gasteiger partial charge in [0, 0.05) is 4.88 Å². The summed E-state index contributed by atoms with van der Waals surface area (Å²) in [5.74, 6) is -0.378. The number of benzene rings is 1. The summed E-state index contributed by atoms with van der Waals surface area (Å²) in [5, 5.41) is 3.05. The normalized spacial score (nSPS) is 10.5. The maximum atomic E-state index is 12.9. The van der Waals surface area contributed by atoms with Crippen LogP contribution in [0.2, 0.25) is 0 Å². The standard InChI is InChI=1S/C19H16FNO5S/c1-11-9-15(19(23)24-2)18(27-11)21-17(22)16-8-7-14(26-16)10-25-13-5-3-12(20)4-6-13/h3-9H,10H2,1-2H3,(H,21,22). The molecule has 0 aliphatic heterocycles. The van der Waals surface area contributed by atoms with E-state index in [1.807, 2.05) is 6.92 Å². The maximum Gasteiger partial charge on any atom is 0.340 e. The quantitative estimate of drug-likeness (QED) is 0.632. The van der Waals surface area contributed by atoms with Crippen LogP contribution in [0.1, 0.15) is 31.6 Å². The van der Waals surface area contributed by atoms with Crippen LogP contribution < -0.4 is 10.1 Å². The number of hydrogen-bond acceptors (Lipinski definition) is 6. The van der Waals surface area contributed by atoms with Gasteiger partial charge in [0.2, 0.25) is 0 Å². The lowest BCUT2D eigenvalue weighted by atomic mass is 10.3. The van der Waals surface area contributed by atoms with Gasteiger partial charge in [-0.15, -0.1) is 11.3 Å². The molecule has 3 aromatic rings. The molecule has 0 unspecified atom stereocenters. The first kappa shape index (κ1) is 18.7. The average molecular weight is 389 g/mol. The molecule has 0 spiro atoms. The minimum Gasteiger partial charge on any atom is -0.486 e. The fourth-order valence-electron chi connectivity index (χ4n) is 2.30. The highest BCUT2D eigenvalue weighted by molar-refractivity contribution is 7.16. The molecule has 0 atom stereocenters. The van der Waals surface area contributed by atoms with E-state index in [1.54, 1.807) is 12.1 Å². The van der Waals surface area contributed by atoms with Crippen molar-refractivity contribution in [3.05, 3.63) is 70.2 Å². The third kappa shape index (κ3) is 4.53. The highest BCUT2D eigenvalue weighted by Crippen LogP contribution is 2.29. The van der Waals surface area contributed by atoms with Crippen LogP contribution in [0.3, 0.4) is 0 Å². The third-order valence-corrected chi connectivity index (χ3v) is 4.53. The number of halogens is 1. The van der Waals surface area contributed by atoms with Gasteiger partial charge in [-0.05, 0) is 49.4 Å². The molecule has 0 aliphatic carbocycles. The summed E-state index contributed by atoms with van der Waals surface area (Å²) in [5.41, 5.74) is 0.291. The van der Waals surface area contributed by atoms with Crippen molar-refractivity contribution in [3.8, 4) is 5.75 Å². The predicted octanol–water partition coefficient (Wildman–Crippen LogP) is 4.41. The Morgan fingerprint density at radius 1 is 1.19 bits per heavy atom. The largest absolute Gasteiger partial charge is 0.486 e. The first-order valence-corrected chi connectivity index (χ1v) is 8.75. The molecule has 1 amide bonds. The Balaban J connectivity index is 1.65. The summed E-state index contributed by atoms with van der Waals surface area (Å²) >= 11 is 1.27. The lowest BCUT2D eigenvalue weighted by Crippen LogP contribution is -2.13. The van der Waals surface area contributed by atoms with Crippen molar-refractivity contribution in [2.45, 2.75) is 13.5 Å². The molecule has 0 bridgehead atoms. The van der Waals surface area contributed by atoms with Crippen LogP contribution >= 0.6 is 11.3 Å². The number of nitrogens with one attached hydrogen (secondary N) is 1. The summed E-state index contributed by atoms with van der Waals surface area (Å²) in [6, 6.07) is 10.3. The third-order valence-electron chi connectivity index (χ3n) is 3.57. The van der Waals surface area contributed by atoms with E-state index in [-0.39, 0.29) is 18.2 Å². The number of aryl methyl sites for hydroxylation is 1. The van der Waals surface area contributed by atoms with Crippen molar-refractivity contribution < 1.29 is 27.9 Å². The van der Waals surface area contributed by atoms with Crippen LogP contribution in [-0.4, -0.2) is 19.0 Å². The van der Waals surface area contributed by atoms with E-state index in [0.29, 0.717) is 22.1 Å². The number of hydrogen-bond donors (Lipinski definition) is 1. The Morgan fingerprint density at radius 2 is 1.93 bits per heavy atom. The second-order valence-electron chi connectivity index (χ2n) is 5.55. The fourth-order valence-corrected chi connectivity index (χ4v) is 3.19. The average Bonchev–Trinajstić information content (AvgIpc) is 3.27. The fraction of sp³-hybridized carbons (Fsp3) is 0.158. The molecule has 0 radical (unpaired) electrons. The molecule has 27 heavy (non-hydrogen) atoms. The molecule has 2 aromatic heterocycles. The summed E-state index contributed by atoms with van der Waals surface area (Å²) in [7, 11) is 1.28. The predicted molar refractivity (Wildman–Crippen MR) is 97.8 cm³/mol. The van der Waals surface area contributed by atoms with E-state index in [1.165, 1.54) is 48.8 Å². The van der Waals surface area contributed by atoms with E-state index < -0.39 is 11.9 Å². The van der Waals surface area contributed by atoms with Crippen molar-refractivity contribution in [1.82, 2.24) is 0 Å². The molecule has 1 aromatic carbocycles. The minimum absolute atomic E-state index is 0.0783. The topological polar surface area (TPSA) is 77.8 Å². The van der Waals surface area contributed by atoms with Crippen LogP contribution in [-0.2, 0) is 11.3 Å². The molecule has 1 N–H and O–H groups in total. The van der Waals surface area contributed by atoms with Crippen molar-refractivity contribution in [2.24, 2.45) is 0 Å². The smallest absolute Gasteiger partial charge is 0.340 e. The maximum absolute atomic E-state index is 12.9. The molecule has 0 aliphatic rings. The van der Waals surface area contributed by atoms with Crippen LogP contribution in [0.15, 0.2) is 46.9 Å². The number of rotatable bonds is 6. The SMILES string of the molecule is COC(=O)c1cc(C)sc1NC(=O)c1ccc(COc2ccc(F)cc2)o1. The summed E-state index contributed by atoms with van der Waals surface area (Å²) < 4.78 is 28.5. The van der Waals surface area contributed by atoms with Gasteiger partial charge in [-0.1, -0.05) is 0 Å². The van der Waals surface area contributed by atoms with Gasteiger partial charge in [0.25, 0.3) is 5.91 Å². The van der Waals surface area contributed by atoms with Gasteiger partial charge in [0.1, 0.15) is 28.9 Å². The van der Waals surface area contributed by atoms with Gasteiger partial charge in [-0.2, -0.15) is 0 Å². The number of thiophene rings is 1. The molecule has 2 heterocycles. The van der Waals surface area contributed by atoms with Crippen LogP contribution in [0.5, 0.6) is 5.75 Å². The molecule has 0 fully saturated rings. The number of methoxy groups -OCH3 is 1. The lowest BCUT2D eigenvalue weighted by Gasteiger charge is -2.04. The van der Waals surface area contributed by atoms with Crippen molar-refractivity contribution in [3.63, 3.8) is 0 Å². The monoisotopic (exact) mass is 389 g/mol. The number of anilines is 1. The molecule has 3 rings (SSSR count).